The standard InChI is InChI=1S/C23H25N5O3S/c1-12(2)20-26-21(31-27-20)16-8-6-7-13(3)19(16)25-17(29)9-10-28-11-24-22-18(23(28)30)14(4)15(5)32-22/h6-8,11-12H,9-10H2,1-5H3,(H,25,29). The highest BCUT2D eigenvalue weighted by Crippen LogP contribution is 2.31. The molecule has 1 aromatic carbocycles. The highest BCUT2D eigenvalue weighted by molar-refractivity contribution is 7.18. The molecule has 0 unspecified atom stereocenters. The van der Waals surface area contributed by atoms with Crippen molar-refractivity contribution in [1.82, 2.24) is 19.7 Å². The third-order valence-electron chi connectivity index (χ3n) is 5.46. The first-order chi connectivity index (χ1) is 15.3. The fourth-order valence-electron chi connectivity index (χ4n) is 3.44. The number of carbonyl (C=O) groups is 1. The largest absolute Gasteiger partial charge is 0.334 e. The molecule has 0 aliphatic rings. The Hall–Kier alpha value is -3.33. The van der Waals surface area contributed by atoms with Crippen LogP contribution in [0, 0.1) is 20.8 Å². The van der Waals surface area contributed by atoms with Crippen molar-refractivity contribution >= 4 is 33.1 Å². The number of hydrogen-bond donors (Lipinski definition) is 1. The van der Waals surface area contributed by atoms with Crippen molar-refractivity contribution in [3.05, 3.63) is 56.7 Å². The molecule has 166 valence electrons. The quantitative estimate of drug-likeness (QED) is 0.460. The monoisotopic (exact) mass is 451 g/mol. The van der Waals surface area contributed by atoms with Crippen LogP contribution in [-0.2, 0) is 11.3 Å². The fraction of sp³-hybridized carbons (Fsp3) is 0.348. The predicted octanol–water partition coefficient (Wildman–Crippen LogP) is 4.59. The molecule has 0 aliphatic heterocycles. The maximum Gasteiger partial charge on any atom is 0.262 e. The average molecular weight is 452 g/mol. The smallest absolute Gasteiger partial charge is 0.262 e. The predicted molar refractivity (Wildman–Crippen MR) is 125 cm³/mol. The van der Waals surface area contributed by atoms with Crippen molar-refractivity contribution in [2.24, 2.45) is 0 Å². The number of fused-ring (bicyclic) bond motifs is 1. The van der Waals surface area contributed by atoms with Crippen LogP contribution >= 0.6 is 11.3 Å². The Kier molecular flexibility index (Phi) is 5.92. The van der Waals surface area contributed by atoms with Crippen LogP contribution in [0.3, 0.4) is 0 Å². The van der Waals surface area contributed by atoms with Crippen LogP contribution in [0.5, 0.6) is 0 Å². The van der Waals surface area contributed by atoms with E-state index in [-0.39, 0.29) is 30.3 Å². The molecular weight excluding hydrogens is 426 g/mol. The van der Waals surface area contributed by atoms with E-state index >= 15 is 0 Å². The summed E-state index contributed by atoms with van der Waals surface area (Å²) >= 11 is 1.51. The number of carbonyl (C=O) groups excluding carboxylic acids is 1. The van der Waals surface area contributed by atoms with Crippen molar-refractivity contribution < 1.29 is 9.32 Å². The van der Waals surface area contributed by atoms with Crippen molar-refractivity contribution in [3.63, 3.8) is 0 Å². The third kappa shape index (κ3) is 4.08. The van der Waals surface area contributed by atoms with Gasteiger partial charge in [0.15, 0.2) is 5.82 Å². The minimum Gasteiger partial charge on any atom is -0.334 e. The van der Waals surface area contributed by atoms with E-state index in [4.69, 9.17) is 4.52 Å². The second-order valence-corrected chi connectivity index (χ2v) is 9.32. The molecule has 0 aliphatic carbocycles. The number of benzene rings is 1. The molecule has 9 heteroatoms. The molecule has 1 N–H and O–H groups in total. The van der Waals surface area contributed by atoms with Crippen LogP contribution in [0.1, 0.15) is 48.0 Å². The van der Waals surface area contributed by atoms with Gasteiger partial charge in [-0.05, 0) is 38.0 Å². The van der Waals surface area contributed by atoms with Crippen LogP contribution in [0.15, 0.2) is 33.8 Å². The van der Waals surface area contributed by atoms with Gasteiger partial charge < -0.3 is 9.84 Å². The van der Waals surface area contributed by atoms with E-state index in [9.17, 15) is 9.59 Å². The van der Waals surface area contributed by atoms with E-state index in [1.54, 1.807) is 0 Å². The normalized spacial score (nSPS) is 11.4. The summed E-state index contributed by atoms with van der Waals surface area (Å²) in [6.07, 6.45) is 1.64. The summed E-state index contributed by atoms with van der Waals surface area (Å²) in [5.41, 5.74) is 3.01. The van der Waals surface area contributed by atoms with E-state index in [0.29, 0.717) is 28.4 Å². The SMILES string of the molecule is Cc1cccc(-c2nc(C(C)C)no2)c1NC(=O)CCn1cnc2sc(C)c(C)c2c1=O. The molecule has 0 bridgehead atoms. The van der Waals surface area contributed by atoms with Crippen molar-refractivity contribution in [2.75, 3.05) is 5.32 Å². The highest BCUT2D eigenvalue weighted by atomic mass is 32.1. The minimum absolute atomic E-state index is 0.117. The van der Waals surface area contributed by atoms with Gasteiger partial charge >= 0.3 is 0 Å². The van der Waals surface area contributed by atoms with Crippen LogP contribution in [0.25, 0.3) is 21.7 Å². The number of amides is 1. The highest BCUT2D eigenvalue weighted by Gasteiger charge is 2.18. The zero-order valence-electron chi connectivity index (χ0n) is 18.7. The first kappa shape index (κ1) is 21.9. The fourth-order valence-corrected chi connectivity index (χ4v) is 4.43. The number of para-hydroxylation sites is 1. The van der Waals surface area contributed by atoms with Gasteiger partial charge in [-0.1, -0.05) is 31.1 Å². The number of rotatable bonds is 6. The van der Waals surface area contributed by atoms with Gasteiger partial charge in [-0.25, -0.2) is 4.98 Å². The molecule has 3 heterocycles. The lowest BCUT2D eigenvalue weighted by molar-refractivity contribution is -0.116. The van der Waals surface area contributed by atoms with Gasteiger partial charge in [-0.3, -0.25) is 14.2 Å². The molecule has 32 heavy (non-hydrogen) atoms. The summed E-state index contributed by atoms with van der Waals surface area (Å²) in [7, 11) is 0. The van der Waals surface area contributed by atoms with Crippen LogP contribution in [0.4, 0.5) is 5.69 Å². The molecule has 1 amide bonds. The number of nitrogens with zero attached hydrogens (tertiary/aromatic N) is 4. The first-order valence-electron chi connectivity index (χ1n) is 10.4. The van der Waals surface area contributed by atoms with E-state index in [2.05, 4.69) is 20.4 Å². The van der Waals surface area contributed by atoms with Gasteiger partial charge in [0.1, 0.15) is 4.83 Å². The number of anilines is 1. The average Bonchev–Trinajstić information content (AvgIpc) is 3.35. The zero-order valence-corrected chi connectivity index (χ0v) is 19.5. The summed E-state index contributed by atoms with van der Waals surface area (Å²) < 4.78 is 6.92. The van der Waals surface area contributed by atoms with Crippen molar-refractivity contribution in [2.45, 2.75) is 53.5 Å². The third-order valence-corrected chi connectivity index (χ3v) is 6.58. The first-order valence-corrected chi connectivity index (χ1v) is 11.3. The number of aromatic nitrogens is 4. The maximum absolute atomic E-state index is 12.9. The van der Waals surface area contributed by atoms with E-state index in [0.717, 1.165) is 20.8 Å². The molecule has 8 nitrogen and oxygen atoms in total. The van der Waals surface area contributed by atoms with Gasteiger partial charge in [-0.2, -0.15) is 4.98 Å². The molecule has 3 aromatic heterocycles. The zero-order chi connectivity index (χ0) is 23.0. The molecule has 0 radical (unpaired) electrons. The lowest BCUT2D eigenvalue weighted by Gasteiger charge is -2.12. The number of aryl methyl sites for hydroxylation is 4. The number of nitrogens with one attached hydrogen (secondary N) is 1. The molecule has 0 saturated carbocycles. The Morgan fingerprint density at radius 1 is 1.25 bits per heavy atom. The molecular formula is C23H25N5O3S. The molecule has 4 rings (SSSR count). The van der Waals surface area contributed by atoms with Crippen molar-refractivity contribution in [3.8, 4) is 11.5 Å². The summed E-state index contributed by atoms with van der Waals surface area (Å²) in [6, 6.07) is 5.62. The Labute approximate surface area is 189 Å². The van der Waals surface area contributed by atoms with Crippen molar-refractivity contribution in [1.29, 1.82) is 0 Å². The van der Waals surface area contributed by atoms with Crippen LogP contribution < -0.4 is 10.9 Å². The molecule has 4 aromatic rings. The number of thiophene rings is 1. The second-order valence-electron chi connectivity index (χ2n) is 8.11. The molecule has 0 fully saturated rings. The minimum atomic E-state index is -0.214. The lowest BCUT2D eigenvalue weighted by atomic mass is 10.1. The van der Waals surface area contributed by atoms with E-state index < -0.39 is 0 Å². The summed E-state index contributed by atoms with van der Waals surface area (Å²) in [5, 5.41) is 7.61. The van der Waals surface area contributed by atoms with Gasteiger partial charge in [0.2, 0.25) is 5.91 Å². The van der Waals surface area contributed by atoms with Gasteiger partial charge in [0.05, 0.1) is 23.0 Å². The summed E-state index contributed by atoms with van der Waals surface area (Å²) in [6.45, 7) is 10.0. The van der Waals surface area contributed by atoms with E-state index in [1.165, 1.54) is 22.2 Å². The van der Waals surface area contributed by atoms with Gasteiger partial charge in [0.25, 0.3) is 11.4 Å². The van der Waals surface area contributed by atoms with Gasteiger partial charge in [0, 0.05) is 23.8 Å². The summed E-state index contributed by atoms with van der Waals surface area (Å²) in [5.74, 6) is 0.895. The van der Waals surface area contributed by atoms with Crippen LogP contribution in [-0.4, -0.2) is 25.6 Å². The molecule has 0 spiro atoms. The Morgan fingerprint density at radius 2 is 2.03 bits per heavy atom. The Bertz CT molecular complexity index is 1370. The van der Waals surface area contributed by atoms with E-state index in [1.807, 2.05) is 52.8 Å². The Morgan fingerprint density at radius 3 is 2.75 bits per heavy atom. The Balaban J connectivity index is 1.54. The second kappa shape index (κ2) is 8.66. The maximum atomic E-state index is 12.9. The molecule has 0 saturated heterocycles. The summed E-state index contributed by atoms with van der Waals surface area (Å²) in [4.78, 5) is 36.3. The topological polar surface area (TPSA) is 103 Å². The van der Waals surface area contributed by atoms with Gasteiger partial charge in [-0.15, -0.1) is 11.3 Å². The van der Waals surface area contributed by atoms with Crippen LogP contribution in [0.2, 0.25) is 0 Å². The number of hydrogen-bond acceptors (Lipinski definition) is 7. The lowest BCUT2D eigenvalue weighted by Crippen LogP contribution is -2.24. The molecule has 0 atom stereocenters.